The minimum atomic E-state index is -0.467. The highest BCUT2D eigenvalue weighted by Gasteiger charge is 2.27. The van der Waals surface area contributed by atoms with Gasteiger partial charge in [-0.15, -0.1) is 0 Å². The van der Waals surface area contributed by atoms with Gasteiger partial charge in [0.05, 0.1) is 12.7 Å². The first kappa shape index (κ1) is 21.6. The molecule has 0 radical (unpaired) electrons. The lowest BCUT2D eigenvalue weighted by Crippen LogP contribution is -2.29. The quantitative estimate of drug-likeness (QED) is 0.440. The number of hydrogen-bond acceptors (Lipinski definition) is 7. The number of aldehydes is 1. The standard InChI is InChI=1S/C21H29N5O4/c1-3-30-18-11-17(21(29)26-9-6-16(28)12-26)25-20(18)24-15-5-8-23-19(10-15)22-7-4-14(2)13-27/h5,8,10-11,13-14,16,25,28H,3-4,6-7,9,12H2,1-2H3,(H2,22,23,24). The highest BCUT2D eigenvalue weighted by molar-refractivity contribution is 5.94. The van der Waals surface area contributed by atoms with E-state index in [1.54, 1.807) is 17.2 Å². The summed E-state index contributed by atoms with van der Waals surface area (Å²) >= 11 is 0. The average Bonchev–Trinajstić information content (AvgIpc) is 3.34. The summed E-state index contributed by atoms with van der Waals surface area (Å²) in [5.41, 5.74) is 1.18. The number of carbonyl (C=O) groups is 2. The summed E-state index contributed by atoms with van der Waals surface area (Å²) in [6, 6.07) is 5.34. The van der Waals surface area contributed by atoms with Gasteiger partial charge in [0.2, 0.25) is 0 Å². The van der Waals surface area contributed by atoms with Crippen molar-refractivity contribution in [2.45, 2.75) is 32.8 Å². The molecule has 3 heterocycles. The Morgan fingerprint density at radius 2 is 2.33 bits per heavy atom. The fourth-order valence-electron chi connectivity index (χ4n) is 3.25. The van der Waals surface area contributed by atoms with Crippen molar-refractivity contribution in [2.24, 2.45) is 5.92 Å². The Bertz CT molecular complexity index is 869. The number of amides is 1. The molecule has 2 aromatic rings. The SMILES string of the molecule is CCOc1cc(C(=O)N2CCC(O)C2)[nH]c1Nc1ccnc(NCCC(C)C=O)c1. The zero-order chi connectivity index (χ0) is 21.5. The minimum Gasteiger partial charge on any atom is -0.490 e. The van der Waals surface area contributed by atoms with Gasteiger partial charge in [0.1, 0.15) is 17.8 Å². The molecule has 1 aliphatic heterocycles. The molecule has 4 N–H and O–H groups in total. The van der Waals surface area contributed by atoms with Gasteiger partial charge < -0.3 is 35.2 Å². The molecular formula is C21H29N5O4. The van der Waals surface area contributed by atoms with Crippen LogP contribution in [-0.4, -0.2) is 64.5 Å². The number of aromatic amines is 1. The predicted octanol–water partition coefficient (Wildman–Crippen LogP) is 2.40. The van der Waals surface area contributed by atoms with Gasteiger partial charge in [-0.25, -0.2) is 4.98 Å². The molecule has 162 valence electrons. The molecule has 1 fully saturated rings. The number of nitrogens with zero attached hydrogens (tertiary/aromatic N) is 2. The van der Waals surface area contributed by atoms with Crippen LogP contribution in [0.25, 0.3) is 0 Å². The van der Waals surface area contributed by atoms with Crippen molar-refractivity contribution in [1.29, 1.82) is 0 Å². The maximum atomic E-state index is 12.7. The van der Waals surface area contributed by atoms with Gasteiger partial charge >= 0.3 is 0 Å². The second-order valence-electron chi connectivity index (χ2n) is 7.43. The van der Waals surface area contributed by atoms with Crippen LogP contribution < -0.4 is 15.4 Å². The first-order valence-corrected chi connectivity index (χ1v) is 10.3. The van der Waals surface area contributed by atoms with Crippen LogP contribution in [0.15, 0.2) is 24.4 Å². The molecule has 9 nitrogen and oxygen atoms in total. The van der Waals surface area contributed by atoms with Crippen molar-refractivity contribution in [3.05, 3.63) is 30.1 Å². The Hall–Kier alpha value is -3.07. The topological polar surface area (TPSA) is 120 Å². The molecule has 2 aromatic heterocycles. The fourth-order valence-corrected chi connectivity index (χ4v) is 3.25. The number of H-pyrrole nitrogens is 1. The Morgan fingerprint density at radius 3 is 3.03 bits per heavy atom. The summed E-state index contributed by atoms with van der Waals surface area (Å²) < 4.78 is 5.68. The molecule has 1 aliphatic rings. The third-order valence-electron chi connectivity index (χ3n) is 4.93. The van der Waals surface area contributed by atoms with Crippen LogP contribution in [-0.2, 0) is 4.79 Å². The molecule has 2 unspecified atom stereocenters. The molecule has 30 heavy (non-hydrogen) atoms. The van der Waals surface area contributed by atoms with Crippen molar-refractivity contribution in [3.8, 4) is 5.75 Å². The van der Waals surface area contributed by atoms with Crippen LogP contribution in [0.3, 0.4) is 0 Å². The second-order valence-corrected chi connectivity index (χ2v) is 7.43. The van der Waals surface area contributed by atoms with E-state index < -0.39 is 6.10 Å². The van der Waals surface area contributed by atoms with Gasteiger partial charge in [-0.3, -0.25) is 4.79 Å². The fraction of sp³-hybridized carbons (Fsp3) is 0.476. The molecule has 2 atom stereocenters. The van der Waals surface area contributed by atoms with Crippen LogP contribution in [0.4, 0.5) is 17.3 Å². The second kappa shape index (κ2) is 10.1. The lowest BCUT2D eigenvalue weighted by Gasteiger charge is -2.14. The number of β-amino-alcohol motifs (C(OH)–C–C–N with tert-alkyl or cyclic N) is 1. The molecule has 0 bridgehead atoms. The van der Waals surface area contributed by atoms with Gasteiger partial charge in [0.25, 0.3) is 5.91 Å². The van der Waals surface area contributed by atoms with Crippen molar-refractivity contribution < 1.29 is 19.4 Å². The Balaban J connectivity index is 1.70. The Morgan fingerprint density at radius 1 is 1.50 bits per heavy atom. The summed E-state index contributed by atoms with van der Waals surface area (Å²) in [4.78, 5) is 32.5. The van der Waals surface area contributed by atoms with Crippen molar-refractivity contribution in [1.82, 2.24) is 14.9 Å². The van der Waals surface area contributed by atoms with E-state index in [1.807, 2.05) is 26.0 Å². The average molecular weight is 415 g/mol. The van der Waals surface area contributed by atoms with E-state index in [2.05, 4.69) is 20.6 Å². The van der Waals surface area contributed by atoms with Crippen LogP contribution in [0.5, 0.6) is 5.75 Å². The number of anilines is 3. The first-order valence-electron chi connectivity index (χ1n) is 10.3. The first-order chi connectivity index (χ1) is 14.5. The predicted molar refractivity (Wildman–Crippen MR) is 114 cm³/mol. The number of aliphatic hydroxyl groups excluding tert-OH is 1. The summed E-state index contributed by atoms with van der Waals surface area (Å²) in [7, 11) is 0. The van der Waals surface area contributed by atoms with E-state index in [0.717, 1.165) is 18.4 Å². The van der Waals surface area contributed by atoms with Gasteiger partial charge in [-0.1, -0.05) is 6.92 Å². The maximum Gasteiger partial charge on any atom is 0.270 e. The van der Waals surface area contributed by atoms with E-state index in [4.69, 9.17) is 4.74 Å². The molecule has 9 heteroatoms. The largest absolute Gasteiger partial charge is 0.490 e. The van der Waals surface area contributed by atoms with E-state index in [-0.39, 0.29) is 11.8 Å². The summed E-state index contributed by atoms with van der Waals surface area (Å²) in [6.45, 7) is 5.73. The number of rotatable bonds is 10. The minimum absolute atomic E-state index is 0.000783. The smallest absolute Gasteiger partial charge is 0.270 e. The third kappa shape index (κ3) is 5.50. The Labute approximate surface area is 175 Å². The monoisotopic (exact) mass is 415 g/mol. The number of aliphatic hydroxyl groups is 1. The van der Waals surface area contributed by atoms with E-state index >= 15 is 0 Å². The number of carbonyl (C=O) groups excluding carboxylic acids is 2. The van der Waals surface area contributed by atoms with Gasteiger partial charge in [0, 0.05) is 49.6 Å². The number of likely N-dealkylation sites (tertiary alicyclic amines) is 1. The van der Waals surface area contributed by atoms with Crippen molar-refractivity contribution >= 4 is 29.5 Å². The summed E-state index contributed by atoms with van der Waals surface area (Å²) in [6.07, 6.45) is 3.47. The van der Waals surface area contributed by atoms with Crippen LogP contribution in [0, 0.1) is 5.92 Å². The van der Waals surface area contributed by atoms with Gasteiger partial charge in [0.15, 0.2) is 11.6 Å². The van der Waals surface area contributed by atoms with E-state index in [1.165, 1.54) is 0 Å². The highest BCUT2D eigenvalue weighted by atomic mass is 16.5. The molecule has 0 aromatic carbocycles. The van der Waals surface area contributed by atoms with Gasteiger partial charge in [-0.2, -0.15) is 0 Å². The van der Waals surface area contributed by atoms with Crippen LogP contribution >= 0.6 is 0 Å². The number of ether oxygens (including phenoxy) is 1. The zero-order valence-electron chi connectivity index (χ0n) is 17.4. The highest BCUT2D eigenvalue weighted by Crippen LogP contribution is 2.30. The molecular weight excluding hydrogens is 386 g/mol. The Kier molecular flexibility index (Phi) is 7.29. The van der Waals surface area contributed by atoms with Crippen molar-refractivity contribution in [2.75, 3.05) is 36.9 Å². The number of nitrogens with one attached hydrogen (secondary N) is 3. The third-order valence-corrected chi connectivity index (χ3v) is 4.93. The molecule has 1 amide bonds. The number of pyridine rings is 1. The van der Waals surface area contributed by atoms with E-state index in [0.29, 0.717) is 55.7 Å². The lowest BCUT2D eigenvalue weighted by molar-refractivity contribution is -0.110. The molecule has 0 aliphatic carbocycles. The molecule has 0 saturated carbocycles. The molecule has 1 saturated heterocycles. The summed E-state index contributed by atoms with van der Waals surface area (Å²) in [5, 5.41) is 16.1. The number of hydrogen-bond donors (Lipinski definition) is 4. The van der Waals surface area contributed by atoms with E-state index in [9.17, 15) is 14.7 Å². The van der Waals surface area contributed by atoms with Crippen LogP contribution in [0.2, 0.25) is 0 Å². The summed E-state index contributed by atoms with van der Waals surface area (Å²) in [5.74, 6) is 1.64. The maximum absolute atomic E-state index is 12.7. The molecule has 0 spiro atoms. The lowest BCUT2D eigenvalue weighted by atomic mass is 10.1. The normalized spacial score (nSPS) is 16.9. The molecule has 3 rings (SSSR count). The van der Waals surface area contributed by atoms with Crippen molar-refractivity contribution in [3.63, 3.8) is 0 Å². The van der Waals surface area contributed by atoms with Gasteiger partial charge in [-0.05, 0) is 25.8 Å². The number of aromatic nitrogens is 2. The van der Waals surface area contributed by atoms with Crippen LogP contribution in [0.1, 0.15) is 37.2 Å². The zero-order valence-corrected chi connectivity index (χ0v) is 17.4.